The molecule has 0 aliphatic carbocycles. The molecule has 0 heterocycles. The van der Waals surface area contributed by atoms with Gasteiger partial charge in [0.2, 0.25) is 5.91 Å². The minimum Gasteiger partial charge on any atom is -0.368 e. The molecule has 5 N–H and O–H groups in total. The van der Waals surface area contributed by atoms with Crippen LogP contribution in [0.2, 0.25) is 0 Å². The van der Waals surface area contributed by atoms with Crippen molar-refractivity contribution < 1.29 is 14.0 Å². The van der Waals surface area contributed by atoms with Crippen LogP contribution in [-0.2, 0) is 11.3 Å². The Morgan fingerprint density at radius 1 is 1.03 bits per heavy atom. The van der Waals surface area contributed by atoms with Crippen molar-refractivity contribution in [3.8, 4) is 0 Å². The Morgan fingerprint density at radius 3 is 2.39 bits per heavy atom. The molecule has 0 aliphatic rings. The van der Waals surface area contributed by atoms with Crippen LogP contribution in [0.5, 0.6) is 0 Å². The summed E-state index contributed by atoms with van der Waals surface area (Å²) in [6, 6.07) is 13.5. The van der Waals surface area contributed by atoms with Gasteiger partial charge in [-0.1, -0.05) is 12.1 Å². The number of benzene rings is 2. The lowest BCUT2D eigenvalue weighted by molar-refractivity contribution is -0.117. The number of hydrogen-bond acceptors (Lipinski definition) is 4. The summed E-state index contributed by atoms with van der Waals surface area (Å²) in [5.74, 6) is 0.479. The highest BCUT2D eigenvalue weighted by Gasteiger charge is 2.06. The summed E-state index contributed by atoms with van der Waals surface area (Å²) in [5, 5.41) is 8.96. The second kappa shape index (κ2) is 13.3. The average Bonchev–Trinajstić information content (AvgIpc) is 2.77. The molecule has 166 valence electrons. The first-order chi connectivity index (χ1) is 15.0. The third-order valence-corrected chi connectivity index (χ3v) is 5.20. The molecule has 0 spiro atoms. The minimum absolute atomic E-state index is 0.189. The highest BCUT2D eigenvalue weighted by molar-refractivity contribution is 7.99. The van der Waals surface area contributed by atoms with Gasteiger partial charge in [-0.3, -0.25) is 9.59 Å². The summed E-state index contributed by atoms with van der Waals surface area (Å²) in [6.07, 6.45) is 0.932. The van der Waals surface area contributed by atoms with Gasteiger partial charge in [0.15, 0.2) is 5.96 Å². The minimum atomic E-state index is -0.586. The van der Waals surface area contributed by atoms with E-state index in [0.29, 0.717) is 12.1 Å². The molecule has 0 unspecified atom stereocenters. The van der Waals surface area contributed by atoms with Crippen molar-refractivity contribution in [3.63, 3.8) is 0 Å². The highest BCUT2D eigenvalue weighted by Crippen LogP contribution is 2.18. The lowest BCUT2D eigenvalue weighted by atomic mass is 10.1. The van der Waals surface area contributed by atoms with Gasteiger partial charge in [-0.15, -0.1) is 11.8 Å². The zero-order valence-corrected chi connectivity index (χ0v) is 18.3. The SMILES string of the molecule is CCNC(=NCc1ccc(C(=O)NCC(N)=O)cc1)NCCCSc1ccc(F)cc1. The molecule has 0 radical (unpaired) electrons. The topological polar surface area (TPSA) is 109 Å². The van der Waals surface area contributed by atoms with Crippen LogP contribution in [-0.4, -0.2) is 43.2 Å². The Labute approximate surface area is 186 Å². The van der Waals surface area contributed by atoms with E-state index in [2.05, 4.69) is 20.9 Å². The maximum Gasteiger partial charge on any atom is 0.251 e. The number of carbonyl (C=O) groups excluding carboxylic acids is 2. The van der Waals surface area contributed by atoms with E-state index in [1.807, 2.05) is 19.1 Å². The summed E-state index contributed by atoms with van der Waals surface area (Å²) in [5.41, 5.74) is 6.43. The molecule has 2 amide bonds. The van der Waals surface area contributed by atoms with Gasteiger partial charge in [0.25, 0.3) is 5.91 Å². The molecule has 0 aliphatic heterocycles. The Balaban J connectivity index is 1.77. The normalized spacial score (nSPS) is 11.1. The number of hydrogen-bond donors (Lipinski definition) is 4. The van der Waals surface area contributed by atoms with Gasteiger partial charge < -0.3 is 21.7 Å². The molecular weight excluding hydrogens is 417 g/mol. The fraction of sp³-hybridized carbons (Fsp3) is 0.318. The summed E-state index contributed by atoms with van der Waals surface area (Å²) in [7, 11) is 0. The van der Waals surface area contributed by atoms with Crippen LogP contribution in [0.3, 0.4) is 0 Å². The van der Waals surface area contributed by atoms with Gasteiger partial charge in [0.05, 0.1) is 13.1 Å². The lowest BCUT2D eigenvalue weighted by Crippen LogP contribution is -2.37. The first kappa shape index (κ1) is 24.2. The molecule has 2 aromatic carbocycles. The third kappa shape index (κ3) is 9.52. The standard InChI is InChI=1S/C22H28FN5O2S/c1-2-25-22(26-12-3-13-31-19-10-8-18(23)9-11-19)28-14-16-4-6-17(7-5-16)21(30)27-15-20(24)29/h4-11H,2-3,12-15H2,1H3,(H2,24,29)(H,27,30)(H2,25,26,28). The molecule has 0 aromatic heterocycles. The van der Waals surface area contributed by atoms with E-state index in [1.54, 1.807) is 36.0 Å². The summed E-state index contributed by atoms with van der Waals surface area (Å²) < 4.78 is 12.9. The number of halogens is 1. The summed E-state index contributed by atoms with van der Waals surface area (Å²) in [4.78, 5) is 28.3. The number of amides is 2. The first-order valence-electron chi connectivity index (χ1n) is 10.0. The summed E-state index contributed by atoms with van der Waals surface area (Å²) in [6.45, 7) is 3.78. The number of rotatable bonds is 11. The maximum absolute atomic E-state index is 12.9. The molecule has 0 saturated heterocycles. The predicted molar refractivity (Wildman–Crippen MR) is 123 cm³/mol. The van der Waals surface area contributed by atoms with Crippen LogP contribution in [0.15, 0.2) is 58.4 Å². The maximum atomic E-state index is 12.9. The Hall–Kier alpha value is -3.07. The molecule has 2 aromatic rings. The molecule has 0 saturated carbocycles. The molecule has 7 nitrogen and oxygen atoms in total. The van der Waals surface area contributed by atoms with Crippen molar-refractivity contribution in [1.82, 2.24) is 16.0 Å². The van der Waals surface area contributed by atoms with E-state index in [0.717, 1.165) is 41.7 Å². The van der Waals surface area contributed by atoms with Crippen molar-refractivity contribution in [2.45, 2.75) is 24.8 Å². The smallest absolute Gasteiger partial charge is 0.251 e. The molecule has 0 bridgehead atoms. The molecule has 0 fully saturated rings. The van der Waals surface area contributed by atoms with Crippen LogP contribution in [0.1, 0.15) is 29.3 Å². The van der Waals surface area contributed by atoms with Crippen molar-refractivity contribution in [2.75, 3.05) is 25.4 Å². The van der Waals surface area contributed by atoms with Crippen molar-refractivity contribution in [1.29, 1.82) is 0 Å². The zero-order valence-electron chi connectivity index (χ0n) is 17.5. The van der Waals surface area contributed by atoms with Crippen LogP contribution in [0, 0.1) is 5.82 Å². The highest BCUT2D eigenvalue weighted by atomic mass is 32.2. The van der Waals surface area contributed by atoms with Crippen LogP contribution < -0.4 is 21.7 Å². The van der Waals surface area contributed by atoms with Gasteiger partial charge in [-0.25, -0.2) is 9.38 Å². The number of thioether (sulfide) groups is 1. The van der Waals surface area contributed by atoms with E-state index in [9.17, 15) is 14.0 Å². The van der Waals surface area contributed by atoms with E-state index >= 15 is 0 Å². The fourth-order valence-electron chi connectivity index (χ4n) is 2.54. The van der Waals surface area contributed by atoms with Crippen molar-refractivity contribution >= 4 is 29.5 Å². The van der Waals surface area contributed by atoms with E-state index < -0.39 is 5.91 Å². The zero-order chi connectivity index (χ0) is 22.5. The van der Waals surface area contributed by atoms with Crippen molar-refractivity contribution in [3.05, 3.63) is 65.5 Å². The Kier molecular flexibility index (Phi) is 10.4. The van der Waals surface area contributed by atoms with Crippen LogP contribution in [0.25, 0.3) is 0 Å². The number of guanidine groups is 1. The van der Waals surface area contributed by atoms with E-state index in [4.69, 9.17) is 5.73 Å². The van der Waals surface area contributed by atoms with Crippen LogP contribution >= 0.6 is 11.8 Å². The first-order valence-corrected chi connectivity index (χ1v) is 11.0. The monoisotopic (exact) mass is 445 g/mol. The van der Waals surface area contributed by atoms with E-state index in [-0.39, 0.29) is 18.3 Å². The van der Waals surface area contributed by atoms with Crippen molar-refractivity contribution in [2.24, 2.45) is 10.7 Å². The second-order valence-electron chi connectivity index (χ2n) is 6.62. The van der Waals surface area contributed by atoms with Gasteiger partial charge in [0.1, 0.15) is 5.82 Å². The number of primary amides is 1. The molecule has 2 rings (SSSR count). The molecular formula is C22H28FN5O2S. The fourth-order valence-corrected chi connectivity index (χ4v) is 3.40. The number of nitrogens with two attached hydrogens (primary N) is 1. The second-order valence-corrected chi connectivity index (χ2v) is 7.79. The quantitative estimate of drug-likeness (QED) is 0.184. The summed E-state index contributed by atoms with van der Waals surface area (Å²) >= 11 is 1.69. The number of aliphatic imine (C=N–C) groups is 1. The van der Waals surface area contributed by atoms with Gasteiger partial charge in [-0.05, 0) is 61.1 Å². The average molecular weight is 446 g/mol. The van der Waals surface area contributed by atoms with Crippen LogP contribution in [0.4, 0.5) is 4.39 Å². The van der Waals surface area contributed by atoms with Gasteiger partial charge in [-0.2, -0.15) is 0 Å². The molecule has 0 atom stereocenters. The lowest BCUT2D eigenvalue weighted by Gasteiger charge is -2.11. The third-order valence-electron chi connectivity index (χ3n) is 4.10. The molecule has 9 heteroatoms. The Bertz CT molecular complexity index is 872. The number of nitrogens with zero attached hydrogens (tertiary/aromatic N) is 1. The number of nitrogens with one attached hydrogen (secondary N) is 3. The Morgan fingerprint density at radius 2 is 1.74 bits per heavy atom. The van der Waals surface area contributed by atoms with Gasteiger partial charge >= 0.3 is 0 Å². The van der Waals surface area contributed by atoms with Gasteiger partial charge in [0, 0.05) is 23.5 Å². The van der Waals surface area contributed by atoms with E-state index in [1.165, 1.54) is 12.1 Å². The largest absolute Gasteiger partial charge is 0.368 e. The predicted octanol–water partition coefficient (Wildman–Crippen LogP) is 2.28. The number of carbonyl (C=O) groups is 2. The molecule has 31 heavy (non-hydrogen) atoms.